The van der Waals surface area contributed by atoms with E-state index < -0.39 is 96.1 Å². The summed E-state index contributed by atoms with van der Waals surface area (Å²) in [6.45, 7) is 0.260. The first-order valence-corrected chi connectivity index (χ1v) is 13.9. The fourth-order valence-corrected chi connectivity index (χ4v) is 4.02. The SMILES string of the molecule is [2H]c1c([2H])c([2H])c(C([2H])([2H])[C@]([2H])(CC(=O)[C@@H](CCCN=C(N)N)NC(=O)[C@@H](N)Cc2ccccc2)C(=O)N[C@@H](CCCCN)C(N)=O)c([2H])c1[2H]. The highest BCUT2D eigenvalue weighted by atomic mass is 16.2. The smallest absolute Gasteiger partial charge is 0.239 e. The van der Waals surface area contributed by atoms with Gasteiger partial charge in [0.1, 0.15) is 6.04 Å². The van der Waals surface area contributed by atoms with Crippen molar-refractivity contribution in [3.05, 3.63) is 71.7 Å². The van der Waals surface area contributed by atoms with Crippen LogP contribution in [-0.2, 0) is 32.0 Å². The number of primary amides is 1. The lowest BCUT2D eigenvalue weighted by Crippen LogP contribution is -2.51. The van der Waals surface area contributed by atoms with E-state index in [0.29, 0.717) is 12.8 Å². The molecular formula is C31H46N8O4. The van der Waals surface area contributed by atoms with E-state index in [1.807, 2.05) is 0 Å². The van der Waals surface area contributed by atoms with Gasteiger partial charge in [-0.3, -0.25) is 24.2 Å². The summed E-state index contributed by atoms with van der Waals surface area (Å²) >= 11 is 0. The van der Waals surface area contributed by atoms with E-state index in [9.17, 15) is 20.5 Å². The first-order valence-electron chi connectivity index (χ1n) is 17.9. The van der Waals surface area contributed by atoms with Gasteiger partial charge in [-0.15, -0.1) is 0 Å². The Bertz CT molecular complexity index is 1570. The molecule has 0 saturated carbocycles. The Labute approximate surface area is 264 Å². The Morgan fingerprint density at radius 3 is 2.16 bits per heavy atom. The summed E-state index contributed by atoms with van der Waals surface area (Å²) in [6.07, 6.45) is -4.07. The van der Waals surface area contributed by atoms with Crippen LogP contribution < -0.4 is 39.3 Å². The molecule has 0 unspecified atom stereocenters. The van der Waals surface area contributed by atoms with Gasteiger partial charge in [-0.2, -0.15) is 0 Å². The molecule has 0 aliphatic carbocycles. The van der Waals surface area contributed by atoms with Crippen molar-refractivity contribution < 1.29 is 30.1 Å². The van der Waals surface area contributed by atoms with Crippen molar-refractivity contribution in [2.45, 2.75) is 69.4 Å². The summed E-state index contributed by atoms with van der Waals surface area (Å²) in [7, 11) is 0. The maximum absolute atomic E-state index is 14.1. The standard InChI is InChI=1S/C31H46N8O4/c32-16-8-7-14-26(28(34)41)39-29(42)23(18-21-10-3-1-4-11-21)20-27(40)25(15-9-17-37-31(35)36)38-30(43)24(33)19-22-12-5-2-6-13-22/h1-6,10-13,23-26H,7-9,14-20,32-33H2,(H2,34,41)(H,38,43)(H,39,42)(H4,35,36,37)/t23-,24+,25-,26+/m1/s1/i1D,3D,4D,10D,11D,18D2,23D. The Balaban J connectivity index is 2.64. The van der Waals surface area contributed by atoms with Gasteiger partial charge in [0, 0.05) is 23.0 Å². The average Bonchev–Trinajstić information content (AvgIpc) is 3.07. The fraction of sp³-hybridized carbons (Fsp3) is 0.452. The van der Waals surface area contributed by atoms with Gasteiger partial charge in [-0.1, -0.05) is 60.5 Å². The van der Waals surface area contributed by atoms with Crippen molar-refractivity contribution >= 4 is 29.5 Å². The molecule has 3 amide bonds. The molecule has 0 heterocycles. The molecule has 0 aromatic heterocycles. The van der Waals surface area contributed by atoms with Gasteiger partial charge in [-0.25, -0.2) is 0 Å². The Morgan fingerprint density at radius 2 is 1.53 bits per heavy atom. The van der Waals surface area contributed by atoms with Crippen LogP contribution in [0.15, 0.2) is 65.5 Å². The van der Waals surface area contributed by atoms with Crippen LogP contribution in [0.3, 0.4) is 0 Å². The largest absolute Gasteiger partial charge is 0.370 e. The molecule has 4 atom stereocenters. The molecule has 2 aromatic carbocycles. The molecular weight excluding hydrogens is 548 g/mol. The van der Waals surface area contributed by atoms with Crippen molar-refractivity contribution in [1.29, 1.82) is 0 Å². The monoisotopic (exact) mass is 602 g/mol. The second-order valence-electron chi connectivity index (χ2n) is 9.77. The lowest BCUT2D eigenvalue weighted by Gasteiger charge is -2.24. The highest BCUT2D eigenvalue weighted by Crippen LogP contribution is 2.17. The minimum atomic E-state index is -3.48. The van der Waals surface area contributed by atoms with Gasteiger partial charge in [0.05, 0.1) is 18.9 Å². The molecule has 0 aliphatic rings. The van der Waals surface area contributed by atoms with Crippen LogP contribution in [-0.4, -0.2) is 60.7 Å². The Morgan fingerprint density at radius 1 is 0.884 bits per heavy atom. The quantitative estimate of drug-likeness (QED) is 0.0618. The first-order chi connectivity index (χ1) is 23.8. The number of carbonyl (C=O) groups excluding carboxylic acids is 4. The van der Waals surface area contributed by atoms with Gasteiger partial charge in [0.2, 0.25) is 17.7 Å². The number of nitrogens with two attached hydrogens (primary N) is 5. The summed E-state index contributed by atoms with van der Waals surface area (Å²) in [6, 6.07) is -0.144. The molecule has 12 heteroatoms. The van der Waals surface area contributed by atoms with E-state index in [1.165, 1.54) is 0 Å². The summed E-state index contributed by atoms with van der Waals surface area (Å²) in [5, 5.41) is 4.74. The van der Waals surface area contributed by atoms with Crippen LogP contribution in [0, 0.1) is 5.89 Å². The maximum atomic E-state index is 14.1. The number of unbranched alkanes of at least 4 members (excludes halogenated alkanes) is 1. The summed E-state index contributed by atoms with van der Waals surface area (Å²) < 4.78 is 68.1. The van der Waals surface area contributed by atoms with Crippen LogP contribution in [0.25, 0.3) is 0 Å². The number of benzene rings is 2. The molecule has 0 spiro atoms. The Hall–Kier alpha value is -4.29. The van der Waals surface area contributed by atoms with Crippen LogP contribution in [0.2, 0.25) is 0 Å². The zero-order valence-corrected chi connectivity index (χ0v) is 23.9. The van der Waals surface area contributed by atoms with E-state index in [4.69, 9.17) is 38.3 Å². The lowest BCUT2D eigenvalue weighted by atomic mass is 9.89. The first kappa shape index (κ1) is 24.2. The van der Waals surface area contributed by atoms with Crippen LogP contribution in [0.4, 0.5) is 0 Å². The van der Waals surface area contributed by atoms with Crippen LogP contribution >= 0.6 is 0 Å². The number of guanidine groups is 1. The molecule has 2 rings (SSSR count). The summed E-state index contributed by atoms with van der Waals surface area (Å²) in [5.74, 6) is -7.92. The number of Topliss-reactive ketones (excluding diaryl/α,β-unsaturated/α-hetero) is 1. The minimum absolute atomic E-state index is 0.0108. The van der Waals surface area contributed by atoms with Gasteiger partial charge in [-0.05, 0) is 62.6 Å². The topological polar surface area (TPSA) is 235 Å². The van der Waals surface area contributed by atoms with E-state index in [1.54, 1.807) is 30.3 Å². The third-order valence-electron chi connectivity index (χ3n) is 6.28. The average molecular weight is 603 g/mol. The van der Waals surface area contributed by atoms with Crippen LogP contribution in [0.1, 0.15) is 60.6 Å². The van der Waals surface area contributed by atoms with E-state index in [2.05, 4.69) is 15.6 Å². The lowest BCUT2D eigenvalue weighted by molar-refractivity contribution is -0.133. The zero-order chi connectivity index (χ0) is 38.7. The van der Waals surface area contributed by atoms with Gasteiger partial charge in [0.25, 0.3) is 0 Å². The third kappa shape index (κ3) is 13.5. The number of nitrogens with zero attached hydrogens (tertiary/aromatic N) is 1. The molecule has 0 fully saturated rings. The number of ketones is 1. The highest BCUT2D eigenvalue weighted by Gasteiger charge is 2.30. The normalized spacial score (nSPS) is 17.3. The predicted molar refractivity (Wildman–Crippen MR) is 167 cm³/mol. The molecule has 0 radical (unpaired) electrons. The number of nitrogens with one attached hydrogen (secondary N) is 2. The van der Waals surface area contributed by atoms with Gasteiger partial charge < -0.3 is 39.3 Å². The van der Waals surface area contributed by atoms with Gasteiger partial charge in [0.15, 0.2) is 11.7 Å². The molecule has 12 nitrogen and oxygen atoms in total. The number of amides is 3. The number of rotatable bonds is 20. The molecule has 0 saturated heterocycles. The van der Waals surface area contributed by atoms with Crippen LogP contribution in [0.5, 0.6) is 0 Å². The molecule has 12 N–H and O–H groups in total. The zero-order valence-electron chi connectivity index (χ0n) is 31.9. The second kappa shape index (κ2) is 19.0. The van der Waals surface area contributed by atoms with Crippen molar-refractivity contribution in [3.8, 4) is 0 Å². The van der Waals surface area contributed by atoms with E-state index in [-0.39, 0.29) is 44.7 Å². The van der Waals surface area contributed by atoms with Crippen molar-refractivity contribution in [3.63, 3.8) is 0 Å². The fourth-order valence-electron chi connectivity index (χ4n) is 4.02. The molecule has 0 aliphatic heterocycles. The number of hydrogen-bond donors (Lipinski definition) is 7. The predicted octanol–water partition coefficient (Wildman–Crippen LogP) is 0.0120. The number of hydrogen-bond acceptors (Lipinski definition) is 7. The number of carbonyl (C=O) groups is 4. The summed E-state index contributed by atoms with van der Waals surface area (Å²) in [4.78, 5) is 57.4. The summed E-state index contributed by atoms with van der Waals surface area (Å²) in [5.41, 5.74) is 27.6. The molecule has 43 heavy (non-hydrogen) atoms. The highest BCUT2D eigenvalue weighted by molar-refractivity contribution is 5.94. The van der Waals surface area contributed by atoms with Crippen molar-refractivity contribution in [1.82, 2.24) is 10.6 Å². The number of aliphatic imine (C=N–C) groups is 1. The Kier molecular flexibility index (Phi) is 10.7. The van der Waals surface area contributed by atoms with Crippen molar-refractivity contribution in [2.75, 3.05) is 13.1 Å². The molecule has 2 aromatic rings. The van der Waals surface area contributed by atoms with Crippen molar-refractivity contribution in [2.24, 2.45) is 39.6 Å². The molecule has 234 valence electrons. The minimum Gasteiger partial charge on any atom is -0.370 e. The van der Waals surface area contributed by atoms with E-state index >= 15 is 0 Å². The maximum Gasteiger partial charge on any atom is 0.239 e. The molecule has 0 bridgehead atoms. The third-order valence-corrected chi connectivity index (χ3v) is 6.28. The van der Waals surface area contributed by atoms with E-state index in [0.717, 1.165) is 5.56 Å². The second-order valence-corrected chi connectivity index (χ2v) is 9.77. The van der Waals surface area contributed by atoms with Gasteiger partial charge >= 0.3 is 0 Å².